The summed E-state index contributed by atoms with van der Waals surface area (Å²) in [5.41, 5.74) is 20.1. The predicted molar refractivity (Wildman–Crippen MR) is 357 cm³/mol. The van der Waals surface area contributed by atoms with Crippen LogP contribution in [0.4, 0.5) is 0 Å². The summed E-state index contributed by atoms with van der Waals surface area (Å²) < 4.78 is 21.7. The van der Waals surface area contributed by atoms with E-state index in [1.807, 2.05) is 57.5 Å². The van der Waals surface area contributed by atoms with Gasteiger partial charge in [-0.2, -0.15) is 17.5 Å². The van der Waals surface area contributed by atoms with Crippen molar-refractivity contribution in [3.8, 4) is 40.4 Å². The fraction of sp³-hybridized carbons (Fsp3) is 0.278. The van der Waals surface area contributed by atoms with Crippen LogP contribution in [0.15, 0.2) is 133 Å². The van der Waals surface area contributed by atoms with E-state index in [4.69, 9.17) is 8.75 Å². The van der Waals surface area contributed by atoms with Gasteiger partial charge in [0.25, 0.3) is 0 Å². The molecule has 0 saturated heterocycles. The minimum absolute atomic E-state index is 0.561. The molecule has 14 rings (SSSR count). The van der Waals surface area contributed by atoms with E-state index in [9.17, 15) is 9.59 Å². The van der Waals surface area contributed by atoms with Gasteiger partial charge in [-0.25, -0.2) is 0 Å². The average molecular weight is 1210 g/mol. The third kappa shape index (κ3) is 8.98. The molecular formula is C72H64N4O2S6. The second kappa shape index (κ2) is 23.0. The van der Waals surface area contributed by atoms with Crippen molar-refractivity contribution in [3.05, 3.63) is 211 Å². The van der Waals surface area contributed by atoms with Crippen LogP contribution >= 0.6 is 68.8 Å². The average Bonchev–Trinajstić information content (AvgIpc) is 1.84. The molecule has 84 heavy (non-hydrogen) atoms. The number of nitrogens with zero attached hydrogens (tertiary/aromatic N) is 4. The van der Waals surface area contributed by atoms with Crippen LogP contribution in [-0.2, 0) is 23.7 Å². The first kappa shape index (κ1) is 55.2. The number of hydrogen-bond donors (Lipinski definition) is 0. The summed E-state index contributed by atoms with van der Waals surface area (Å²) in [5, 5.41) is 0. The number of carbonyl (C=O) groups is 2. The number of carbonyl (C=O) groups excluding carboxylic acids is 2. The third-order valence-electron chi connectivity index (χ3n) is 18.0. The van der Waals surface area contributed by atoms with Crippen LogP contribution in [0.1, 0.15) is 178 Å². The van der Waals surface area contributed by atoms with Crippen LogP contribution in [0.25, 0.3) is 71.9 Å². The fourth-order valence-corrected chi connectivity index (χ4v) is 20.8. The first-order valence-corrected chi connectivity index (χ1v) is 34.7. The van der Waals surface area contributed by atoms with Crippen LogP contribution in [0, 0.1) is 13.8 Å². The Labute approximate surface area is 516 Å². The molecule has 6 aromatic heterocycles. The van der Waals surface area contributed by atoms with Crippen molar-refractivity contribution >= 4 is 113 Å². The van der Waals surface area contributed by atoms with E-state index in [1.54, 1.807) is 0 Å². The Morgan fingerprint density at radius 2 is 0.750 bits per heavy atom. The van der Waals surface area contributed by atoms with Gasteiger partial charge in [-0.05, 0) is 108 Å². The summed E-state index contributed by atoms with van der Waals surface area (Å²) in [6.45, 7) is 8.95. The quantitative estimate of drug-likeness (QED) is 0.0496. The molecule has 0 aliphatic heterocycles. The molecule has 6 nitrogen and oxygen atoms in total. The van der Waals surface area contributed by atoms with Gasteiger partial charge in [-0.3, -0.25) is 9.59 Å². The number of aromatic nitrogens is 4. The summed E-state index contributed by atoms with van der Waals surface area (Å²) in [6.07, 6.45) is 19.2. The molecule has 0 saturated carbocycles. The maximum absolute atomic E-state index is 12.4. The lowest BCUT2D eigenvalue weighted by molar-refractivity contribution is 0.111. The number of fused-ring (bicyclic) bond motifs is 11. The highest BCUT2D eigenvalue weighted by Crippen LogP contribution is 2.71. The van der Waals surface area contributed by atoms with Gasteiger partial charge in [0.15, 0.2) is 12.6 Å². The van der Waals surface area contributed by atoms with Gasteiger partial charge in [-0.1, -0.05) is 198 Å². The van der Waals surface area contributed by atoms with Crippen molar-refractivity contribution in [1.82, 2.24) is 17.5 Å². The number of aldehydes is 2. The molecule has 12 aromatic rings. The van der Waals surface area contributed by atoms with E-state index >= 15 is 0 Å². The van der Waals surface area contributed by atoms with Crippen LogP contribution < -0.4 is 0 Å². The van der Waals surface area contributed by atoms with Crippen LogP contribution in [0.3, 0.4) is 0 Å². The number of thiophene rings is 4. The number of aryl methyl sites for hydroxylation is 4. The number of benzene rings is 6. The molecular weight excluding hydrogens is 1150 g/mol. The monoisotopic (exact) mass is 1210 g/mol. The van der Waals surface area contributed by atoms with Gasteiger partial charge in [-0.15, -0.1) is 45.3 Å². The fourth-order valence-electron chi connectivity index (χ4n) is 13.7. The lowest BCUT2D eigenvalue weighted by atomic mass is 9.67. The molecule has 2 aliphatic carbocycles. The van der Waals surface area contributed by atoms with E-state index in [-0.39, 0.29) is 0 Å². The zero-order valence-corrected chi connectivity index (χ0v) is 52.7. The van der Waals surface area contributed by atoms with Gasteiger partial charge in [0, 0.05) is 43.1 Å². The van der Waals surface area contributed by atoms with Gasteiger partial charge < -0.3 is 0 Å². The van der Waals surface area contributed by atoms with Crippen LogP contribution in [-0.4, -0.2) is 30.1 Å². The highest BCUT2D eigenvalue weighted by atomic mass is 32.1. The van der Waals surface area contributed by atoms with E-state index in [0.29, 0.717) is 22.2 Å². The molecule has 0 bridgehead atoms. The molecule has 0 spiro atoms. The van der Waals surface area contributed by atoms with Crippen molar-refractivity contribution in [2.45, 2.75) is 128 Å². The van der Waals surface area contributed by atoms with Crippen molar-refractivity contribution in [1.29, 1.82) is 0 Å². The Morgan fingerprint density at radius 3 is 1.13 bits per heavy atom. The maximum atomic E-state index is 12.4. The molecule has 6 heterocycles. The summed E-state index contributed by atoms with van der Waals surface area (Å²) in [4.78, 5) is 32.2. The third-order valence-corrected chi connectivity index (χ3v) is 24.3. The summed E-state index contributed by atoms with van der Waals surface area (Å²) in [6, 6.07) is 51.1. The van der Waals surface area contributed by atoms with Crippen molar-refractivity contribution in [2.24, 2.45) is 0 Å². The second-order valence-corrected chi connectivity index (χ2v) is 28.4. The molecule has 12 heteroatoms. The van der Waals surface area contributed by atoms with Crippen LogP contribution in [0.5, 0.6) is 0 Å². The predicted octanol–water partition coefficient (Wildman–Crippen LogP) is 21.2. The topological polar surface area (TPSA) is 85.7 Å². The molecule has 420 valence electrons. The zero-order chi connectivity index (χ0) is 57.1. The Bertz CT molecular complexity index is 4140. The number of unbranched alkanes of at least 4 members (excludes halogenated alkanes) is 10. The molecule has 0 radical (unpaired) electrons. The normalized spacial score (nSPS) is 16.0. The SMILES string of the molecule is CCCCCCCCc1ccc(C2(c3ccc(C)cc3)c3cc(-c4ccc(C=O)c5nsnc45)sc3-c3sc4c5c(sc4c32)-c2sc(-c3ccc(C=O)c4nsnc34)cc2C5(c2ccc(C)cc2)c2ccc(CCCCCCCC)cc2)cc1. The highest BCUT2D eigenvalue weighted by molar-refractivity contribution is 7.35. The number of rotatable bonds is 22. The molecule has 2 atom stereocenters. The highest BCUT2D eigenvalue weighted by Gasteiger charge is 2.55. The van der Waals surface area contributed by atoms with Crippen molar-refractivity contribution < 1.29 is 9.59 Å². The van der Waals surface area contributed by atoms with E-state index < -0.39 is 10.8 Å². The summed E-state index contributed by atoms with van der Waals surface area (Å²) in [5.74, 6) is 0. The standard InChI is InChI=1S/C72H64N4O2S6/c1-5-7-9-11-13-15-17-45-23-33-51(34-24-45)71(49-29-19-43(3)20-30-49)55-39-57(53-37-27-47(41-77)61-63(53)75-83-73-61)79-65(55)67-59(71)69-70(81-67)60-68(82-69)66-56(40-58(80-66)54-38-28-48(42-78)62-64(54)76-84-74-62)72(60,50-31-21-44(4)22-32-50)52-35-25-46(26-36-52)18-16-14-12-10-8-6-2/h19-42H,5-18H2,1-4H3. The maximum Gasteiger partial charge on any atom is 0.152 e. The Kier molecular flexibility index (Phi) is 15.1. The van der Waals surface area contributed by atoms with Gasteiger partial charge in [0.2, 0.25) is 0 Å². The Hall–Kier alpha value is -6.64. The van der Waals surface area contributed by atoms with Crippen LogP contribution in [0.2, 0.25) is 0 Å². The van der Waals surface area contributed by atoms with Crippen molar-refractivity contribution in [2.75, 3.05) is 0 Å². The second-order valence-electron chi connectivity index (χ2n) is 23.2. The molecule has 0 N–H and O–H groups in total. The molecule has 0 amide bonds. The lowest BCUT2D eigenvalue weighted by Gasteiger charge is -2.34. The number of hydrogen-bond acceptors (Lipinski definition) is 12. The van der Waals surface area contributed by atoms with Gasteiger partial charge in [0.1, 0.15) is 22.1 Å². The zero-order valence-electron chi connectivity index (χ0n) is 47.8. The molecule has 2 unspecified atom stereocenters. The Balaban J connectivity index is 1.03. The minimum atomic E-state index is -0.678. The minimum Gasteiger partial charge on any atom is -0.298 e. The van der Waals surface area contributed by atoms with Gasteiger partial charge in [0.05, 0.1) is 63.2 Å². The lowest BCUT2D eigenvalue weighted by Crippen LogP contribution is -2.29. The van der Waals surface area contributed by atoms with E-state index in [0.717, 1.165) is 57.3 Å². The summed E-state index contributed by atoms with van der Waals surface area (Å²) >= 11 is 10.00. The van der Waals surface area contributed by atoms with Crippen molar-refractivity contribution in [3.63, 3.8) is 0 Å². The van der Waals surface area contributed by atoms with E-state index in [2.05, 4.69) is 158 Å². The molecule has 6 aromatic carbocycles. The Morgan fingerprint density at radius 1 is 0.393 bits per heavy atom. The molecule has 0 fully saturated rings. The summed E-state index contributed by atoms with van der Waals surface area (Å²) in [7, 11) is 0. The first-order chi connectivity index (χ1) is 41.3. The van der Waals surface area contributed by atoms with Gasteiger partial charge >= 0.3 is 0 Å². The largest absolute Gasteiger partial charge is 0.298 e. The van der Waals surface area contributed by atoms with E-state index in [1.165, 1.54) is 196 Å². The first-order valence-electron chi connectivity index (χ1n) is 29.9. The molecule has 2 aliphatic rings. The smallest absolute Gasteiger partial charge is 0.152 e.